The van der Waals surface area contributed by atoms with Gasteiger partial charge >= 0.3 is 0 Å². The summed E-state index contributed by atoms with van der Waals surface area (Å²) in [6.07, 6.45) is 3.78. The number of nitrogens with two attached hydrogens (primary N) is 1. The Balaban J connectivity index is 2.41. The molecule has 1 saturated carbocycles. The highest BCUT2D eigenvalue weighted by Crippen LogP contribution is 2.33. The van der Waals surface area contributed by atoms with Crippen LogP contribution in [0.5, 0.6) is 5.75 Å². The Morgan fingerprint density at radius 3 is 2.59 bits per heavy atom. The molecule has 1 heterocycles. The molecule has 0 radical (unpaired) electrons. The zero-order valence-corrected chi connectivity index (χ0v) is 10.7. The van der Waals surface area contributed by atoms with Gasteiger partial charge in [0.15, 0.2) is 5.03 Å². The molecule has 94 valence electrons. The minimum absolute atomic E-state index is 0.141. The van der Waals surface area contributed by atoms with E-state index in [-0.39, 0.29) is 17.0 Å². The summed E-state index contributed by atoms with van der Waals surface area (Å²) in [6, 6.07) is 1.42. The van der Waals surface area contributed by atoms with Gasteiger partial charge in [-0.3, -0.25) is 0 Å². The van der Waals surface area contributed by atoms with Crippen LogP contribution in [0, 0.1) is 0 Å². The third-order valence-electron chi connectivity index (χ3n) is 2.60. The van der Waals surface area contributed by atoms with Gasteiger partial charge in [0.2, 0.25) is 0 Å². The van der Waals surface area contributed by atoms with Crippen LogP contribution in [-0.4, -0.2) is 19.5 Å². The van der Waals surface area contributed by atoms with Crippen LogP contribution in [-0.2, 0) is 10.0 Å². The topological polar surface area (TPSA) is 82.3 Å². The molecule has 1 aliphatic rings. The first-order chi connectivity index (χ1) is 7.88. The van der Waals surface area contributed by atoms with Gasteiger partial charge in [-0.25, -0.2) is 18.5 Å². The highest BCUT2D eigenvalue weighted by Gasteiger charge is 2.26. The smallest absolute Gasteiger partial charge is 0.255 e. The second-order valence-corrected chi connectivity index (χ2v) is 6.09. The number of rotatable bonds is 4. The Morgan fingerprint density at radius 2 is 2.12 bits per heavy atom. The highest BCUT2D eigenvalue weighted by atomic mass is 32.2. The molecule has 6 heteroatoms. The van der Waals surface area contributed by atoms with Gasteiger partial charge in [-0.05, 0) is 18.8 Å². The minimum atomic E-state index is -3.77. The third-order valence-corrected chi connectivity index (χ3v) is 3.41. The molecule has 0 saturated heterocycles. The summed E-state index contributed by atoms with van der Waals surface area (Å²) in [6.45, 7) is 4.01. The molecular formula is C11H16N2O3S. The van der Waals surface area contributed by atoms with E-state index in [9.17, 15) is 8.42 Å². The fraction of sp³-hybridized carbons (Fsp3) is 0.545. The minimum Gasteiger partial charge on any atom is -0.490 e. The molecule has 0 aromatic carbocycles. The molecule has 2 N–H and O–H groups in total. The first kappa shape index (κ1) is 12.3. The summed E-state index contributed by atoms with van der Waals surface area (Å²) in [5.74, 6) is 0.812. The molecule has 0 spiro atoms. The highest BCUT2D eigenvalue weighted by molar-refractivity contribution is 7.89. The standard InChI is InChI=1S/C11H16N2O3S/c1-7(2)9-6-13-11(17(12,14)15)5-10(9)16-8-3-4-8/h5-8H,3-4H2,1-2H3,(H2,12,14,15). The van der Waals surface area contributed by atoms with Crippen molar-refractivity contribution in [2.24, 2.45) is 5.14 Å². The molecular weight excluding hydrogens is 240 g/mol. The van der Waals surface area contributed by atoms with Crippen molar-refractivity contribution < 1.29 is 13.2 Å². The van der Waals surface area contributed by atoms with Gasteiger partial charge in [0.05, 0.1) is 6.10 Å². The maximum Gasteiger partial charge on any atom is 0.255 e. The molecule has 5 nitrogen and oxygen atoms in total. The first-order valence-corrected chi connectivity index (χ1v) is 7.12. The summed E-state index contributed by atoms with van der Waals surface area (Å²) >= 11 is 0. The molecule has 0 aliphatic heterocycles. The summed E-state index contributed by atoms with van der Waals surface area (Å²) in [7, 11) is -3.77. The largest absolute Gasteiger partial charge is 0.490 e. The zero-order valence-electron chi connectivity index (χ0n) is 9.88. The van der Waals surface area contributed by atoms with Crippen LogP contribution < -0.4 is 9.88 Å². The molecule has 0 amide bonds. The summed E-state index contributed by atoms with van der Waals surface area (Å²) in [4.78, 5) is 3.87. The number of nitrogens with zero attached hydrogens (tertiary/aromatic N) is 1. The average molecular weight is 256 g/mol. The van der Waals surface area contributed by atoms with Crippen molar-refractivity contribution in [3.05, 3.63) is 17.8 Å². The lowest BCUT2D eigenvalue weighted by Crippen LogP contribution is -2.15. The van der Waals surface area contributed by atoms with Gasteiger partial charge in [0.1, 0.15) is 5.75 Å². The molecule has 0 atom stereocenters. The molecule has 0 unspecified atom stereocenters. The van der Waals surface area contributed by atoms with Crippen molar-refractivity contribution in [3.63, 3.8) is 0 Å². The van der Waals surface area contributed by atoms with E-state index in [1.54, 1.807) is 0 Å². The van der Waals surface area contributed by atoms with Crippen LogP contribution in [0.25, 0.3) is 0 Å². The quantitative estimate of drug-likeness (QED) is 0.882. The molecule has 2 rings (SSSR count). The van der Waals surface area contributed by atoms with E-state index in [0.717, 1.165) is 18.4 Å². The molecule has 1 fully saturated rings. The molecule has 1 aromatic rings. The Bertz CT molecular complexity index is 522. The predicted molar refractivity (Wildman–Crippen MR) is 63.3 cm³/mol. The zero-order chi connectivity index (χ0) is 12.6. The van der Waals surface area contributed by atoms with E-state index < -0.39 is 10.0 Å². The van der Waals surface area contributed by atoms with Crippen LogP contribution in [0.15, 0.2) is 17.3 Å². The van der Waals surface area contributed by atoms with Gasteiger partial charge in [-0.2, -0.15) is 0 Å². The van der Waals surface area contributed by atoms with Crippen LogP contribution in [0.4, 0.5) is 0 Å². The van der Waals surface area contributed by atoms with E-state index in [0.29, 0.717) is 5.75 Å². The van der Waals surface area contributed by atoms with Crippen molar-refractivity contribution in [2.45, 2.75) is 43.7 Å². The maximum atomic E-state index is 11.2. The Morgan fingerprint density at radius 1 is 1.47 bits per heavy atom. The van der Waals surface area contributed by atoms with E-state index in [1.807, 2.05) is 13.8 Å². The Kier molecular flexibility index (Phi) is 3.09. The maximum absolute atomic E-state index is 11.2. The predicted octanol–water partition coefficient (Wildman–Crippen LogP) is 1.39. The number of sulfonamides is 1. The third kappa shape index (κ3) is 2.95. The number of pyridine rings is 1. The molecule has 17 heavy (non-hydrogen) atoms. The van der Waals surface area contributed by atoms with Gasteiger partial charge in [-0.15, -0.1) is 0 Å². The number of ether oxygens (including phenoxy) is 1. The molecule has 0 bridgehead atoms. The number of hydrogen-bond acceptors (Lipinski definition) is 4. The van der Waals surface area contributed by atoms with Gasteiger partial charge in [-0.1, -0.05) is 13.8 Å². The van der Waals surface area contributed by atoms with Gasteiger partial charge < -0.3 is 4.74 Å². The van der Waals surface area contributed by atoms with Crippen molar-refractivity contribution in [2.75, 3.05) is 0 Å². The van der Waals surface area contributed by atoms with Crippen LogP contribution in [0.3, 0.4) is 0 Å². The fourth-order valence-electron chi connectivity index (χ4n) is 1.49. The van der Waals surface area contributed by atoms with E-state index in [2.05, 4.69) is 4.98 Å². The average Bonchev–Trinajstić information content (AvgIpc) is 2.99. The molecule has 1 aliphatic carbocycles. The SMILES string of the molecule is CC(C)c1cnc(S(N)(=O)=O)cc1OC1CC1. The lowest BCUT2D eigenvalue weighted by atomic mass is 10.1. The van der Waals surface area contributed by atoms with Crippen LogP contribution >= 0.6 is 0 Å². The number of hydrogen-bond donors (Lipinski definition) is 1. The summed E-state index contributed by atoms with van der Waals surface area (Å²) in [5, 5.41) is 4.91. The second kappa shape index (κ2) is 4.27. The summed E-state index contributed by atoms with van der Waals surface area (Å²) in [5.41, 5.74) is 0.907. The Hall–Kier alpha value is -1.14. The lowest BCUT2D eigenvalue weighted by Gasteiger charge is -2.13. The van der Waals surface area contributed by atoms with E-state index >= 15 is 0 Å². The monoisotopic (exact) mass is 256 g/mol. The van der Waals surface area contributed by atoms with Crippen LogP contribution in [0.2, 0.25) is 0 Å². The molecule has 1 aromatic heterocycles. The van der Waals surface area contributed by atoms with Gasteiger partial charge in [0, 0.05) is 17.8 Å². The van der Waals surface area contributed by atoms with Gasteiger partial charge in [0.25, 0.3) is 10.0 Å². The van der Waals surface area contributed by atoms with E-state index in [1.165, 1.54) is 12.3 Å². The van der Waals surface area contributed by atoms with Crippen molar-refractivity contribution in [1.82, 2.24) is 4.98 Å². The summed E-state index contributed by atoms with van der Waals surface area (Å²) < 4.78 is 28.1. The normalized spacial score (nSPS) is 16.2. The number of aromatic nitrogens is 1. The van der Waals surface area contributed by atoms with Crippen LogP contribution in [0.1, 0.15) is 38.2 Å². The van der Waals surface area contributed by atoms with Crippen molar-refractivity contribution >= 4 is 10.0 Å². The van der Waals surface area contributed by atoms with E-state index in [4.69, 9.17) is 9.88 Å². The second-order valence-electron chi connectivity index (χ2n) is 4.58. The lowest BCUT2D eigenvalue weighted by molar-refractivity contribution is 0.297. The Labute approximate surface area is 101 Å². The van der Waals surface area contributed by atoms with Crippen molar-refractivity contribution in [3.8, 4) is 5.75 Å². The number of primary sulfonamides is 1. The van der Waals surface area contributed by atoms with Crippen molar-refractivity contribution in [1.29, 1.82) is 0 Å². The first-order valence-electron chi connectivity index (χ1n) is 5.57. The fourth-order valence-corrected chi connectivity index (χ4v) is 1.96.